The molecule has 1 fully saturated rings. The van der Waals surface area contributed by atoms with E-state index in [0.29, 0.717) is 13.0 Å². The van der Waals surface area contributed by atoms with Crippen molar-refractivity contribution in [3.63, 3.8) is 0 Å². The molecule has 2 heterocycles. The number of thiazole rings is 1. The highest BCUT2D eigenvalue weighted by Gasteiger charge is 2.20. The fourth-order valence-electron chi connectivity index (χ4n) is 3.50. The number of morpholine rings is 1. The second-order valence-electron chi connectivity index (χ2n) is 7.37. The van der Waals surface area contributed by atoms with Gasteiger partial charge in [-0.1, -0.05) is 35.1 Å². The monoisotopic (exact) mass is 511 g/mol. The number of rotatable bonds is 9. The van der Waals surface area contributed by atoms with Crippen molar-refractivity contribution >= 4 is 68.4 Å². The van der Waals surface area contributed by atoms with Gasteiger partial charge in [0.25, 0.3) is 0 Å². The van der Waals surface area contributed by atoms with Gasteiger partial charge >= 0.3 is 0 Å². The Morgan fingerprint density at radius 1 is 1.16 bits per heavy atom. The molecule has 4 rings (SSSR count). The zero-order valence-corrected chi connectivity index (χ0v) is 20.9. The predicted octanol–water partition coefficient (Wildman–Crippen LogP) is 5.61. The lowest BCUT2D eigenvalue weighted by Crippen LogP contribution is -2.39. The van der Waals surface area contributed by atoms with Crippen LogP contribution in [0.4, 0.5) is 5.13 Å². The van der Waals surface area contributed by atoms with Crippen LogP contribution in [-0.4, -0.2) is 60.9 Å². The van der Waals surface area contributed by atoms with E-state index in [4.69, 9.17) is 21.3 Å². The van der Waals surface area contributed by atoms with Crippen LogP contribution in [0.25, 0.3) is 10.2 Å². The molecule has 2 aromatic carbocycles. The van der Waals surface area contributed by atoms with Crippen molar-refractivity contribution in [3.8, 4) is 0 Å². The number of amides is 1. The number of hydrogen-bond acceptors (Lipinski definition) is 6. The van der Waals surface area contributed by atoms with Gasteiger partial charge in [0.15, 0.2) is 5.13 Å². The van der Waals surface area contributed by atoms with Crippen LogP contribution in [0.2, 0.25) is 5.02 Å². The van der Waals surface area contributed by atoms with Gasteiger partial charge in [-0.25, -0.2) is 4.98 Å². The van der Waals surface area contributed by atoms with Crippen LogP contribution in [0, 0.1) is 0 Å². The van der Waals surface area contributed by atoms with Gasteiger partial charge in [0.05, 0.1) is 23.4 Å². The van der Waals surface area contributed by atoms with E-state index in [-0.39, 0.29) is 18.3 Å². The number of anilines is 1. The summed E-state index contributed by atoms with van der Waals surface area (Å²) in [6.45, 7) is 5.17. The maximum Gasteiger partial charge on any atom is 0.229 e. The van der Waals surface area contributed by atoms with Crippen molar-refractivity contribution in [1.82, 2.24) is 9.88 Å². The highest BCUT2D eigenvalue weighted by Crippen LogP contribution is 2.30. The molecule has 0 saturated carbocycles. The van der Waals surface area contributed by atoms with Crippen LogP contribution in [0.15, 0.2) is 53.4 Å². The smallest absolute Gasteiger partial charge is 0.229 e. The van der Waals surface area contributed by atoms with E-state index < -0.39 is 0 Å². The number of carbonyl (C=O) groups excluding carboxylic acids is 1. The number of carbonyl (C=O) groups is 1. The highest BCUT2D eigenvalue weighted by molar-refractivity contribution is 7.99. The number of ether oxygens (including phenoxy) is 1. The third kappa shape index (κ3) is 7.07. The molecule has 0 unspecified atom stereocenters. The highest BCUT2D eigenvalue weighted by atomic mass is 35.5. The van der Waals surface area contributed by atoms with Crippen molar-refractivity contribution in [2.24, 2.45) is 0 Å². The molecule has 0 atom stereocenters. The first-order valence-corrected chi connectivity index (χ1v) is 12.7. The van der Waals surface area contributed by atoms with Gasteiger partial charge in [-0.3, -0.25) is 14.6 Å². The Morgan fingerprint density at radius 3 is 2.66 bits per heavy atom. The van der Waals surface area contributed by atoms with Crippen molar-refractivity contribution in [2.45, 2.75) is 17.7 Å². The van der Waals surface area contributed by atoms with E-state index >= 15 is 0 Å². The Bertz CT molecular complexity index is 961. The fraction of sp³-hybridized carbons (Fsp3) is 0.391. The Kier molecular flexibility index (Phi) is 10.1. The van der Waals surface area contributed by atoms with E-state index in [1.54, 1.807) is 23.1 Å². The average Bonchev–Trinajstić information content (AvgIpc) is 3.22. The number of halogens is 2. The SMILES string of the molecule is Cl.O=C(CCSc1ccc(Cl)cc1)N(CCCN1CCOCC1)c1nc2ccccc2s1. The van der Waals surface area contributed by atoms with Crippen molar-refractivity contribution in [1.29, 1.82) is 0 Å². The zero-order valence-electron chi connectivity index (χ0n) is 17.7. The van der Waals surface area contributed by atoms with E-state index in [0.717, 1.165) is 70.3 Å². The lowest BCUT2D eigenvalue weighted by molar-refractivity contribution is -0.118. The second-order valence-corrected chi connectivity index (χ2v) is 9.98. The van der Waals surface area contributed by atoms with E-state index in [2.05, 4.69) is 11.0 Å². The largest absolute Gasteiger partial charge is 0.379 e. The van der Waals surface area contributed by atoms with Crippen molar-refractivity contribution < 1.29 is 9.53 Å². The van der Waals surface area contributed by atoms with E-state index in [1.807, 2.05) is 47.4 Å². The minimum Gasteiger partial charge on any atom is -0.379 e. The molecule has 0 spiro atoms. The Hall–Kier alpha value is -1.35. The summed E-state index contributed by atoms with van der Waals surface area (Å²) in [6.07, 6.45) is 1.40. The van der Waals surface area contributed by atoms with Crippen molar-refractivity contribution in [2.75, 3.05) is 50.0 Å². The molecular formula is C23H27Cl2N3O2S2. The van der Waals surface area contributed by atoms with Crippen LogP contribution in [0.5, 0.6) is 0 Å². The van der Waals surface area contributed by atoms with Crippen LogP contribution < -0.4 is 4.90 Å². The number of thioether (sulfide) groups is 1. The molecule has 0 aliphatic carbocycles. The lowest BCUT2D eigenvalue weighted by Gasteiger charge is -2.27. The number of aromatic nitrogens is 1. The zero-order chi connectivity index (χ0) is 21.5. The minimum absolute atomic E-state index is 0. The first-order valence-electron chi connectivity index (χ1n) is 10.5. The van der Waals surface area contributed by atoms with E-state index in [9.17, 15) is 4.79 Å². The standard InChI is InChI=1S/C23H26ClN3O2S2.ClH/c24-18-6-8-19(9-7-18)30-17-10-22(28)27(12-3-11-26-13-15-29-16-14-26)23-25-20-4-1-2-5-21(20)31-23;/h1-2,4-9H,3,10-17H2;1H. The third-order valence-electron chi connectivity index (χ3n) is 5.17. The van der Waals surface area contributed by atoms with Crippen LogP contribution in [-0.2, 0) is 9.53 Å². The molecule has 1 aliphatic rings. The van der Waals surface area contributed by atoms with Gasteiger partial charge in [-0.15, -0.1) is 24.2 Å². The summed E-state index contributed by atoms with van der Waals surface area (Å²) in [5.41, 5.74) is 0.948. The summed E-state index contributed by atoms with van der Waals surface area (Å²) in [5, 5.41) is 1.52. The lowest BCUT2D eigenvalue weighted by atomic mass is 10.3. The maximum atomic E-state index is 13.2. The molecule has 5 nitrogen and oxygen atoms in total. The molecule has 1 saturated heterocycles. The molecule has 1 aliphatic heterocycles. The number of fused-ring (bicyclic) bond motifs is 1. The van der Waals surface area contributed by atoms with Crippen LogP contribution in [0.3, 0.4) is 0 Å². The third-order valence-corrected chi connectivity index (χ3v) is 7.50. The quantitative estimate of drug-likeness (QED) is 0.349. The molecule has 32 heavy (non-hydrogen) atoms. The summed E-state index contributed by atoms with van der Waals surface area (Å²) in [6, 6.07) is 15.8. The minimum atomic E-state index is 0. The fourth-order valence-corrected chi connectivity index (χ4v) is 5.48. The summed E-state index contributed by atoms with van der Waals surface area (Å²) in [5.74, 6) is 0.855. The van der Waals surface area contributed by atoms with Gasteiger partial charge in [-0.05, 0) is 42.8 Å². The first kappa shape index (κ1) is 25.3. The van der Waals surface area contributed by atoms with E-state index in [1.165, 1.54) is 0 Å². The molecule has 0 N–H and O–H groups in total. The second kappa shape index (κ2) is 12.8. The predicted molar refractivity (Wildman–Crippen MR) is 138 cm³/mol. The van der Waals surface area contributed by atoms with Gasteiger partial charge in [-0.2, -0.15) is 0 Å². The molecule has 1 amide bonds. The first-order chi connectivity index (χ1) is 15.2. The average molecular weight is 513 g/mol. The Labute approximate surface area is 208 Å². The topological polar surface area (TPSA) is 45.7 Å². The normalized spacial score (nSPS) is 14.3. The van der Waals surface area contributed by atoms with Crippen molar-refractivity contribution in [3.05, 3.63) is 53.6 Å². The molecule has 9 heteroatoms. The Morgan fingerprint density at radius 2 is 1.91 bits per heavy atom. The van der Waals surface area contributed by atoms with Gasteiger partial charge in [0.1, 0.15) is 0 Å². The number of benzene rings is 2. The van der Waals surface area contributed by atoms with Gasteiger partial charge < -0.3 is 4.74 Å². The van der Waals surface area contributed by atoms with Gasteiger partial charge in [0.2, 0.25) is 5.91 Å². The Balaban J connectivity index is 0.00000289. The van der Waals surface area contributed by atoms with Crippen LogP contribution >= 0.6 is 47.1 Å². The summed E-state index contributed by atoms with van der Waals surface area (Å²) in [4.78, 5) is 23.3. The molecule has 0 bridgehead atoms. The number of hydrogen-bond donors (Lipinski definition) is 0. The summed E-state index contributed by atoms with van der Waals surface area (Å²) >= 11 is 9.22. The molecular weight excluding hydrogens is 485 g/mol. The molecule has 0 radical (unpaired) electrons. The number of nitrogens with zero attached hydrogens (tertiary/aromatic N) is 3. The summed E-state index contributed by atoms with van der Waals surface area (Å²) in [7, 11) is 0. The molecule has 172 valence electrons. The summed E-state index contributed by atoms with van der Waals surface area (Å²) < 4.78 is 6.54. The van der Waals surface area contributed by atoms with Crippen LogP contribution in [0.1, 0.15) is 12.8 Å². The molecule has 1 aromatic heterocycles. The van der Waals surface area contributed by atoms with Gasteiger partial charge in [0, 0.05) is 48.3 Å². The number of para-hydroxylation sites is 1. The molecule has 3 aromatic rings. The maximum absolute atomic E-state index is 13.2.